The molecule has 1 amide bonds. The minimum atomic E-state index is -0.263. The van der Waals surface area contributed by atoms with E-state index < -0.39 is 0 Å². The molecular formula is C17H24N4O2S. The number of hydrogen-bond donors (Lipinski definition) is 1. The van der Waals surface area contributed by atoms with Crippen LogP contribution in [0.5, 0.6) is 0 Å². The maximum Gasteiger partial charge on any atom is 0.233 e. The zero-order chi connectivity index (χ0) is 17.4. The highest BCUT2D eigenvalue weighted by molar-refractivity contribution is 8.00. The van der Waals surface area contributed by atoms with Gasteiger partial charge >= 0.3 is 0 Å². The Kier molecular flexibility index (Phi) is 7.27. The molecule has 0 unspecified atom stereocenters. The number of aromatic nitrogens is 2. The van der Waals surface area contributed by atoms with Crippen LogP contribution in [0, 0.1) is 0 Å². The first-order chi connectivity index (χ1) is 11.7. The fourth-order valence-electron chi connectivity index (χ4n) is 2.45. The molecule has 130 valence electrons. The first-order valence-electron chi connectivity index (χ1n) is 8.14. The van der Waals surface area contributed by atoms with Crippen LogP contribution in [0.15, 0.2) is 46.4 Å². The molecular weight excluding hydrogens is 324 g/mol. The maximum absolute atomic E-state index is 12.4. The Hall–Kier alpha value is -1.86. The van der Waals surface area contributed by atoms with Crippen LogP contribution >= 0.6 is 11.8 Å². The number of nitrogens with one attached hydrogen (secondary N) is 1. The van der Waals surface area contributed by atoms with Gasteiger partial charge in [-0.1, -0.05) is 25.6 Å². The Bertz CT molecular complexity index is 602. The summed E-state index contributed by atoms with van der Waals surface area (Å²) in [7, 11) is 0. The first-order valence-corrected chi connectivity index (χ1v) is 9.02. The summed E-state index contributed by atoms with van der Waals surface area (Å²) in [4.78, 5) is 22.9. The largest absolute Gasteiger partial charge is 0.468 e. The fraction of sp³-hybridized carbons (Fsp3) is 0.471. The van der Waals surface area contributed by atoms with Gasteiger partial charge < -0.3 is 9.73 Å². The highest BCUT2D eigenvalue weighted by Gasteiger charge is 2.23. The molecule has 0 fully saturated rings. The van der Waals surface area contributed by atoms with Gasteiger partial charge in [0.05, 0.1) is 17.6 Å². The van der Waals surface area contributed by atoms with Crippen molar-refractivity contribution in [2.45, 2.75) is 37.2 Å². The fourth-order valence-corrected chi connectivity index (χ4v) is 3.20. The Morgan fingerprint density at radius 2 is 2.00 bits per heavy atom. The highest BCUT2D eigenvalue weighted by atomic mass is 32.2. The number of hydrogen-bond acceptors (Lipinski definition) is 6. The summed E-state index contributed by atoms with van der Waals surface area (Å²) < 4.78 is 5.55. The van der Waals surface area contributed by atoms with E-state index in [1.54, 1.807) is 24.7 Å². The quantitative estimate of drug-likeness (QED) is 0.555. The van der Waals surface area contributed by atoms with E-state index >= 15 is 0 Å². The van der Waals surface area contributed by atoms with E-state index in [0.717, 1.165) is 18.8 Å². The van der Waals surface area contributed by atoms with E-state index in [4.69, 9.17) is 4.42 Å². The monoisotopic (exact) mass is 348 g/mol. The molecule has 2 aromatic heterocycles. The van der Waals surface area contributed by atoms with Gasteiger partial charge in [-0.25, -0.2) is 9.97 Å². The molecule has 0 aliphatic rings. The molecule has 7 heteroatoms. The van der Waals surface area contributed by atoms with Crippen LogP contribution in [-0.4, -0.2) is 45.7 Å². The summed E-state index contributed by atoms with van der Waals surface area (Å²) in [6, 6.07) is 5.61. The molecule has 2 atom stereocenters. The highest BCUT2D eigenvalue weighted by Crippen LogP contribution is 2.21. The lowest BCUT2D eigenvalue weighted by Crippen LogP contribution is -2.40. The zero-order valence-electron chi connectivity index (χ0n) is 14.3. The van der Waals surface area contributed by atoms with Gasteiger partial charge in [0.1, 0.15) is 5.76 Å². The number of amides is 1. The Balaban J connectivity index is 1.94. The molecule has 2 rings (SSSR count). The molecule has 0 aliphatic carbocycles. The summed E-state index contributed by atoms with van der Waals surface area (Å²) in [6.07, 6.45) is 5.01. The van der Waals surface area contributed by atoms with E-state index in [-0.39, 0.29) is 17.2 Å². The second-order valence-corrected chi connectivity index (χ2v) is 6.60. The SMILES string of the molecule is CCN(CC)[C@@H](CNC(=O)[C@@H](C)Sc1ncccn1)c1ccco1. The number of rotatable bonds is 9. The topological polar surface area (TPSA) is 71.3 Å². The van der Waals surface area contributed by atoms with Crippen molar-refractivity contribution in [3.63, 3.8) is 0 Å². The Labute approximate surface area is 147 Å². The van der Waals surface area contributed by atoms with E-state index in [1.165, 1.54) is 11.8 Å². The molecule has 0 spiro atoms. The average molecular weight is 348 g/mol. The minimum absolute atomic E-state index is 0.0313. The lowest BCUT2D eigenvalue weighted by Gasteiger charge is -2.28. The molecule has 0 bridgehead atoms. The van der Waals surface area contributed by atoms with Crippen LogP contribution in [-0.2, 0) is 4.79 Å². The Morgan fingerprint density at radius 3 is 2.58 bits per heavy atom. The summed E-state index contributed by atoms with van der Waals surface area (Å²) >= 11 is 1.35. The van der Waals surface area contributed by atoms with Crippen molar-refractivity contribution in [2.24, 2.45) is 0 Å². The number of nitrogens with zero attached hydrogens (tertiary/aromatic N) is 3. The van der Waals surface area contributed by atoms with Crippen LogP contribution < -0.4 is 5.32 Å². The van der Waals surface area contributed by atoms with Gasteiger partial charge in [0, 0.05) is 18.9 Å². The summed E-state index contributed by atoms with van der Waals surface area (Å²) in [6.45, 7) is 8.35. The van der Waals surface area contributed by atoms with Crippen molar-refractivity contribution >= 4 is 17.7 Å². The standard InChI is InChI=1S/C17H24N4O2S/c1-4-21(5-2)14(15-8-6-11-23-15)12-20-16(22)13(3)24-17-18-9-7-10-19-17/h6-11,13-14H,4-5,12H2,1-3H3,(H,20,22)/t13-,14+/m1/s1. The third kappa shape index (κ3) is 5.07. The second-order valence-electron chi connectivity index (χ2n) is 5.29. The predicted molar refractivity (Wildman–Crippen MR) is 94.7 cm³/mol. The third-order valence-corrected chi connectivity index (χ3v) is 4.78. The van der Waals surface area contributed by atoms with Gasteiger partial charge in [0.2, 0.25) is 5.91 Å². The molecule has 0 saturated carbocycles. The number of carbonyl (C=O) groups is 1. The van der Waals surface area contributed by atoms with Crippen molar-refractivity contribution < 1.29 is 9.21 Å². The second kappa shape index (κ2) is 9.44. The number of likely N-dealkylation sites (N-methyl/N-ethyl adjacent to an activating group) is 1. The molecule has 1 N–H and O–H groups in total. The van der Waals surface area contributed by atoms with Crippen LogP contribution in [0.4, 0.5) is 0 Å². The van der Waals surface area contributed by atoms with Crippen LogP contribution in [0.2, 0.25) is 0 Å². The third-order valence-electron chi connectivity index (χ3n) is 3.79. The molecule has 0 saturated heterocycles. The smallest absolute Gasteiger partial charge is 0.233 e. The normalized spacial score (nSPS) is 13.7. The van der Waals surface area contributed by atoms with Crippen molar-refractivity contribution in [2.75, 3.05) is 19.6 Å². The molecule has 2 heterocycles. The van der Waals surface area contributed by atoms with Crippen molar-refractivity contribution in [3.8, 4) is 0 Å². The Morgan fingerprint density at radius 1 is 1.29 bits per heavy atom. The lowest BCUT2D eigenvalue weighted by molar-refractivity contribution is -0.120. The number of furan rings is 1. The molecule has 2 aromatic rings. The summed E-state index contributed by atoms with van der Waals surface area (Å²) in [5, 5.41) is 3.36. The van der Waals surface area contributed by atoms with Gasteiger partial charge in [0.25, 0.3) is 0 Å². The van der Waals surface area contributed by atoms with Crippen LogP contribution in [0.3, 0.4) is 0 Å². The summed E-state index contributed by atoms with van der Waals surface area (Å²) in [5.74, 6) is 0.835. The minimum Gasteiger partial charge on any atom is -0.468 e. The number of thioether (sulfide) groups is 1. The van der Waals surface area contributed by atoms with Gasteiger partial charge in [-0.15, -0.1) is 0 Å². The number of carbonyl (C=O) groups excluding carboxylic acids is 1. The van der Waals surface area contributed by atoms with Gasteiger partial charge in [-0.05, 0) is 38.2 Å². The van der Waals surface area contributed by atoms with Crippen molar-refractivity contribution in [3.05, 3.63) is 42.6 Å². The predicted octanol–water partition coefficient (Wildman–Crippen LogP) is 2.75. The molecule has 0 radical (unpaired) electrons. The molecule has 0 aliphatic heterocycles. The van der Waals surface area contributed by atoms with Gasteiger partial charge in [-0.3, -0.25) is 9.69 Å². The lowest BCUT2D eigenvalue weighted by atomic mass is 10.2. The van der Waals surface area contributed by atoms with E-state index in [0.29, 0.717) is 11.7 Å². The van der Waals surface area contributed by atoms with E-state index in [9.17, 15) is 4.79 Å². The molecule has 24 heavy (non-hydrogen) atoms. The molecule has 0 aromatic carbocycles. The molecule has 6 nitrogen and oxygen atoms in total. The summed E-state index contributed by atoms with van der Waals surface area (Å²) in [5.41, 5.74) is 0. The average Bonchev–Trinajstić information content (AvgIpc) is 3.13. The van der Waals surface area contributed by atoms with E-state index in [1.807, 2.05) is 19.1 Å². The van der Waals surface area contributed by atoms with Crippen LogP contribution in [0.1, 0.15) is 32.6 Å². The zero-order valence-corrected chi connectivity index (χ0v) is 15.1. The van der Waals surface area contributed by atoms with Crippen molar-refractivity contribution in [1.29, 1.82) is 0 Å². The maximum atomic E-state index is 12.4. The van der Waals surface area contributed by atoms with Crippen LogP contribution in [0.25, 0.3) is 0 Å². The first kappa shape index (κ1) is 18.5. The van der Waals surface area contributed by atoms with Gasteiger partial charge in [-0.2, -0.15) is 0 Å². The van der Waals surface area contributed by atoms with Crippen molar-refractivity contribution in [1.82, 2.24) is 20.2 Å². The van der Waals surface area contributed by atoms with Gasteiger partial charge in [0.15, 0.2) is 5.16 Å². The van der Waals surface area contributed by atoms with E-state index in [2.05, 4.69) is 34.0 Å².